The zero-order valence-electron chi connectivity index (χ0n) is 7.46. The molecule has 1 aromatic carbocycles. The molecule has 1 N–H and O–H groups in total. The average Bonchev–Trinajstić information content (AvgIpc) is 2.17. The van der Waals surface area contributed by atoms with Crippen molar-refractivity contribution in [3.05, 3.63) is 35.6 Å². The van der Waals surface area contributed by atoms with Crippen molar-refractivity contribution in [2.75, 3.05) is 7.05 Å². The second kappa shape index (κ2) is 4.72. The summed E-state index contributed by atoms with van der Waals surface area (Å²) < 4.78 is 12.5. The van der Waals surface area contributed by atoms with Gasteiger partial charge in [0.2, 0.25) is 0 Å². The predicted octanol–water partition coefficient (Wildman–Crippen LogP) is 1.16. The SMILES string of the molecule is CNC(C=O)Cc1ccc(F)cc1. The highest BCUT2D eigenvalue weighted by molar-refractivity contribution is 5.58. The molecule has 0 aliphatic carbocycles. The van der Waals surface area contributed by atoms with Crippen LogP contribution >= 0.6 is 0 Å². The van der Waals surface area contributed by atoms with E-state index in [2.05, 4.69) is 5.32 Å². The van der Waals surface area contributed by atoms with Gasteiger partial charge in [0.05, 0.1) is 6.04 Å². The second-order valence-corrected chi connectivity index (χ2v) is 2.86. The summed E-state index contributed by atoms with van der Waals surface area (Å²) in [6, 6.07) is 5.97. The van der Waals surface area contributed by atoms with Gasteiger partial charge in [-0.05, 0) is 31.2 Å². The minimum atomic E-state index is -0.254. The van der Waals surface area contributed by atoms with Gasteiger partial charge in [-0.2, -0.15) is 0 Å². The number of carbonyl (C=O) groups excluding carboxylic acids is 1. The van der Waals surface area contributed by atoms with E-state index < -0.39 is 0 Å². The lowest BCUT2D eigenvalue weighted by Gasteiger charge is -2.07. The largest absolute Gasteiger partial charge is 0.311 e. The molecule has 1 aromatic rings. The van der Waals surface area contributed by atoms with Crippen molar-refractivity contribution in [3.8, 4) is 0 Å². The molecule has 0 amide bonds. The molecule has 0 aliphatic rings. The summed E-state index contributed by atoms with van der Waals surface area (Å²) in [5.41, 5.74) is 0.952. The Morgan fingerprint density at radius 2 is 2.08 bits per heavy atom. The molecule has 0 spiro atoms. The summed E-state index contributed by atoms with van der Waals surface area (Å²) in [6.45, 7) is 0. The highest BCUT2D eigenvalue weighted by Gasteiger charge is 2.04. The van der Waals surface area contributed by atoms with Gasteiger partial charge in [-0.1, -0.05) is 12.1 Å². The molecule has 3 heteroatoms. The van der Waals surface area contributed by atoms with Gasteiger partial charge in [-0.3, -0.25) is 0 Å². The van der Waals surface area contributed by atoms with Crippen LogP contribution in [0.3, 0.4) is 0 Å². The van der Waals surface area contributed by atoms with Crippen molar-refractivity contribution >= 4 is 6.29 Å². The molecule has 0 bridgehead atoms. The Labute approximate surface area is 76.8 Å². The Bertz CT molecular complexity index is 271. The van der Waals surface area contributed by atoms with E-state index in [1.165, 1.54) is 12.1 Å². The van der Waals surface area contributed by atoms with E-state index in [4.69, 9.17) is 0 Å². The molecule has 1 atom stereocenters. The van der Waals surface area contributed by atoms with Crippen LogP contribution in [0.2, 0.25) is 0 Å². The minimum absolute atomic E-state index is 0.189. The minimum Gasteiger partial charge on any atom is -0.311 e. The zero-order valence-corrected chi connectivity index (χ0v) is 7.46. The summed E-state index contributed by atoms with van der Waals surface area (Å²) in [5.74, 6) is -0.254. The summed E-state index contributed by atoms with van der Waals surface area (Å²) in [7, 11) is 1.72. The molecule has 0 radical (unpaired) electrons. The van der Waals surface area contributed by atoms with Crippen LogP contribution in [0.1, 0.15) is 5.56 Å². The summed E-state index contributed by atoms with van der Waals surface area (Å²) in [6.07, 6.45) is 1.45. The van der Waals surface area contributed by atoms with Gasteiger partial charge >= 0.3 is 0 Å². The maximum Gasteiger partial charge on any atom is 0.137 e. The normalized spacial score (nSPS) is 12.5. The number of halogens is 1. The predicted molar refractivity (Wildman–Crippen MR) is 49.0 cm³/mol. The van der Waals surface area contributed by atoms with Gasteiger partial charge in [-0.15, -0.1) is 0 Å². The van der Waals surface area contributed by atoms with Crippen molar-refractivity contribution in [2.24, 2.45) is 0 Å². The maximum atomic E-state index is 12.5. The molecular weight excluding hydrogens is 169 g/mol. The number of rotatable bonds is 4. The number of carbonyl (C=O) groups is 1. The molecule has 70 valence electrons. The highest BCUT2D eigenvalue weighted by atomic mass is 19.1. The molecular formula is C10H12FNO. The Morgan fingerprint density at radius 1 is 1.46 bits per heavy atom. The number of likely N-dealkylation sites (N-methyl/N-ethyl adjacent to an activating group) is 1. The van der Waals surface area contributed by atoms with Crippen LogP contribution in [-0.2, 0) is 11.2 Å². The number of hydrogen-bond donors (Lipinski definition) is 1. The van der Waals surface area contributed by atoms with Crippen LogP contribution in [-0.4, -0.2) is 19.4 Å². The van der Waals surface area contributed by atoms with Gasteiger partial charge in [-0.25, -0.2) is 4.39 Å². The fourth-order valence-corrected chi connectivity index (χ4v) is 1.09. The third-order valence-corrected chi connectivity index (χ3v) is 1.90. The lowest BCUT2D eigenvalue weighted by Crippen LogP contribution is -2.28. The van der Waals surface area contributed by atoms with Gasteiger partial charge in [0, 0.05) is 0 Å². The van der Waals surface area contributed by atoms with Crippen LogP contribution in [0.4, 0.5) is 4.39 Å². The molecule has 13 heavy (non-hydrogen) atoms. The summed E-state index contributed by atoms with van der Waals surface area (Å²) in [5, 5.41) is 2.85. The van der Waals surface area contributed by atoms with Crippen LogP contribution < -0.4 is 5.32 Å². The van der Waals surface area contributed by atoms with Gasteiger partial charge in [0.1, 0.15) is 12.1 Å². The molecule has 0 saturated carbocycles. The monoisotopic (exact) mass is 181 g/mol. The number of aldehydes is 1. The Hall–Kier alpha value is -1.22. The van der Waals surface area contributed by atoms with Crippen LogP contribution in [0.25, 0.3) is 0 Å². The molecule has 0 fully saturated rings. The highest BCUT2D eigenvalue weighted by Crippen LogP contribution is 2.04. The first kappa shape index (κ1) is 9.86. The lowest BCUT2D eigenvalue weighted by atomic mass is 10.1. The maximum absolute atomic E-state index is 12.5. The van der Waals surface area contributed by atoms with Crippen molar-refractivity contribution in [1.82, 2.24) is 5.32 Å². The van der Waals surface area contributed by atoms with Crippen LogP contribution in [0.15, 0.2) is 24.3 Å². The first-order valence-electron chi connectivity index (χ1n) is 4.13. The smallest absolute Gasteiger partial charge is 0.137 e. The van der Waals surface area contributed by atoms with Gasteiger partial charge in [0.25, 0.3) is 0 Å². The first-order valence-corrected chi connectivity index (χ1v) is 4.13. The molecule has 0 aliphatic heterocycles. The summed E-state index contributed by atoms with van der Waals surface area (Å²) in [4.78, 5) is 10.5. The fraction of sp³-hybridized carbons (Fsp3) is 0.300. The van der Waals surface area contributed by atoms with E-state index in [-0.39, 0.29) is 11.9 Å². The van der Waals surface area contributed by atoms with E-state index >= 15 is 0 Å². The zero-order chi connectivity index (χ0) is 9.68. The molecule has 0 heterocycles. The Kier molecular flexibility index (Phi) is 3.58. The quantitative estimate of drug-likeness (QED) is 0.706. The third-order valence-electron chi connectivity index (χ3n) is 1.90. The molecule has 1 rings (SSSR count). The standard InChI is InChI=1S/C10H12FNO/c1-12-10(7-13)6-8-2-4-9(11)5-3-8/h2-5,7,10,12H,6H2,1H3. The average molecular weight is 181 g/mol. The number of nitrogens with one attached hydrogen (secondary N) is 1. The van der Waals surface area contributed by atoms with Crippen molar-refractivity contribution in [3.63, 3.8) is 0 Å². The van der Waals surface area contributed by atoms with E-state index in [9.17, 15) is 9.18 Å². The van der Waals surface area contributed by atoms with Crippen LogP contribution in [0, 0.1) is 5.82 Å². The topological polar surface area (TPSA) is 29.1 Å². The van der Waals surface area contributed by atoms with E-state index in [0.29, 0.717) is 6.42 Å². The Morgan fingerprint density at radius 3 is 2.54 bits per heavy atom. The first-order chi connectivity index (χ1) is 6.26. The summed E-state index contributed by atoms with van der Waals surface area (Å²) >= 11 is 0. The molecule has 0 aromatic heterocycles. The number of hydrogen-bond acceptors (Lipinski definition) is 2. The molecule has 2 nitrogen and oxygen atoms in total. The van der Waals surface area contributed by atoms with Crippen molar-refractivity contribution < 1.29 is 9.18 Å². The molecule has 1 unspecified atom stereocenters. The van der Waals surface area contributed by atoms with Gasteiger partial charge < -0.3 is 10.1 Å². The fourth-order valence-electron chi connectivity index (χ4n) is 1.09. The number of benzene rings is 1. The van der Waals surface area contributed by atoms with Gasteiger partial charge in [0.15, 0.2) is 0 Å². The van der Waals surface area contributed by atoms with Crippen LogP contribution in [0.5, 0.6) is 0 Å². The Balaban J connectivity index is 2.63. The third kappa shape index (κ3) is 2.95. The molecule has 0 saturated heterocycles. The van der Waals surface area contributed by atoms with E-state index in [1.54, 1.807) is 19.2 Å². The van der Waals surface area contributed by atoms with E-state index in [0.717, 1.165) is 11.8 Å². The van der Waals surface area contributed by atoms with Crippen molar-refractivity contribution in [2.45, 2.75) is 12.5 Å². The second-order valence-electron chi connectivity index (χ2n) is 2.86. The lowest BCUT2D eigenvalue weighted by molar-refractivity contribution is -0.109. The van der Waals surface area contributed by atoms with Crippen molar-refractivity contribution in [1.29, 1.82) is 0 Å². The van der Waals surface area contributed by atoms with E-state index in [1.807, 2.05) is 0 Å².